The van der Waals surface area contributed by atoms with E-state index >= 15 is 0 Å². The summed E-state index contributed by atoms with van der Waals surface area (Å²) in [6, 6.07) is 15.1. The van der Waals surface area contributed by atoms with Crippen LogP contribution in [0.25, 0.3) is 22.9 Å². The average molecular weight is 243 g/mol. The highest BCUT2D eigenvalue weighted by Crippen LogP contribution is 2.29. The van der Waals surface area contributed by atoms with Gasteiger partial charge in [0.25, 0.3) is 0 Å². The highest BCUT2D eigenvalue weighted by molar-refractivity contribution is 5.94. The van der Waals surface area contributed by atoms with E-state index in [4.69, 9.17) is 0 Å². The Balaban J connectivity index is 2.01. The Morgan fingerprint density at radius 2 is 1.79 bits per heavy atom. The van der Waals surface area contributed by atoms with Crippen molar-refractivity contribution in [2.24, 2.45) is 0 Å². The zero-order valence-electron chi connectivity index (χ0n) is 10.5. The molecule has 0 radical (unpaired) electrons. The maximum Gasteiger partial charge on any atom is 0.0352 e. The largest absolute Gasteiger partial charge is 0.264 e. The van der Waals surface area contributed by atoms with Crippen molar-refractivity contribution in [3.05, 3.63) is 77.1 Å². The first-order valence-electron chi connectivity index (χ1n) is 6.53. The van der Waals surface area contributed by atoms with Gasteiger partial charge in [-0.25, -0.2) is 0 Å². The van der Waals surface area contributed by atoms with Crippen LogP contribution in [0.4, 0.5) is 0 Å². The summed E-state index contributed by atoms with van der Waals surface area (Å²) < 4.78 is 0. The van der Waals surface area contributed by atoms with Crippen molar-refractivity contribution in [2.45, 2.75) is 6.42 Å². The smallest absolute Gasteiger partial charge is 0.0352 e. The van der Waals surface area contributed by atoms with E-state index < -0.39 is 0 Å². The second-order valence-electron chi connectivity index (χ2n) is 4.94. The molecule has 1 nitrogen and oxygen atoms in total. The predicted octanol–water partition coefficient (Wildman–Crippen LogP) is 4.31. The highest BCUT2D eigenvalue weighted by Gasteiger charge is 2.11. The molecule has 0 amide bonds. The molecule has 0 atom stereocenters. The van der Waals surface area contributed by atoms with Crippen molar-refractivity contribution >= 4 is 22.9 Å². The molecule has 0 aliphatic heterocycles. The third-order valence-electron chi connectivity index (χ3n) is 3.82. The molecule has 0 unspecified atom stereocenters. The van der Waals surface area contributed by atoms with E-state index in [1.165, 1.54) is 33.0 Å². The molecule has 1 aliphatic rings. The molecular formula is C18H13N. The van der Waals surface area contributed by atoms with Gasteiger partial charge in [0.2, 0.25) is 0 Å². The first kappa shape index (κ1) is 10.5. The number of hydrogen-bond acceptors (Lipinski definition) is 1. The molecule has 90 valence electrons. The minimum absolute atomic E-state index is 0.989. The van der Waals surface area contributed by atoms with Crippen molar-refractivity contribution in [3.63, 3.8) is 0 Å². The lowest BCUT2D eigenvalue weighted by Gasteiger charge is -2.08. The Bertz CT molecular complexity index is 800. The molecule has 4 rings (SSSR count). The van der Waals surface area contributed by atoms with Gasteiger partial charge in [0.1, 0.15) is 0 Å². The molecule has 0 spiro atoms. The summed E-state index contributed by atoms with van der Waals surface area (Å²) in [5.41, 5.74) is 5.39. The van der Waals surface area contributed by atoms with Gasteiger partial charge in [0.15, 0.2) is 0 Å². The molecule has 3 aromatic rings. The number of pyridine rings is 1. The summed E-state index contributed by atoms with van der Waals surface area (Å²) in [4.78, 5) is 4.27. The van der Waals surface area contributed by atoms with Gasteiger partial charge in [-0.3, -0.25) is 4.98 Å². The molecular weight excluding hydrogens is 230 g/mol. The molecule has 0 saturated heterocycles. The fourth-order valence-electron chi connectivity index (χ4n) is 2.82. The van der Waals surface area contributed by atoms with Gasteiger partial charge < -0.3 is 0 Å². The number of hydrogen-bond donors (Lipinski definition) is 0. The maximum absolute atomic E-state index is 4.27. The van der Waals surface area contributed by atoms with E-state index in [-0.39, 0.29) is 0 Å². The van der Waals surface area contributed by atoms with E-state index in [0.29, 0.717) is 0 Å². The van der Waals surface area contributed by atoms with Crippen LogP contribution in [-0.2, 0) is 6.42 Å². The lowest BCUT2D eigenvalue weighted by atomic mass is 9.96. The zero-order chi connectivity index (χ0) is 12.7. The summed E-state index contributed by atoms with van der Waals surface area (Å²) in [6.07, 6.45) is 9.25. The van der Waals surface area contributed by atoms with E-state index in [1.807, 2.05) is 12.4 Å². The summed E-state index contributed by atoms with van der Waals surface area (Å²) in [5.74, 6) is 0. The Morgan fingerprint density at radius 1 is 0.842 bits per heavy atom. The third kappa shape index (κ3) is 1.66. The Labute approximate surface area is 112 Å². The van der Waals surface area contributed by atoms with Crippen LogP contribution in [0.1, 0.15) is 22.3 Å². The van der Waals surface area contributed by atoms with Crippen molar-refractivity contribution in [1.82, 2.24) is 4.98 Å². The summed E-state index contributed by atoms with van der Waals surface area (Å²) in [7, 11) is 0. The van der Waals surface area contributed by atoms with Crippen LogP contribution in [0.3, 0.4) is 0 Å². The fraction of sp³-hybridized carbons (Fsp3) is 0.0556. The topological polar surface area (TPSA) is 12.9 Å². The first-order valence-corrected chi connectivity index (χ1v) is 6.53. The predicted molar refractivity (Wildman–Crippen MR) is 79.9 cm³/mol. The SMILES string of the molecule is C1=Cc2c(ccc3ccncc23)Cc2ccccc21. The minimum atomic E-state index is 0.989. The standard InChI is InChI=1S/C18H13N/c1-2-4-15-11-16-6-5-14-9-10-19-12-18(14)17(16)8-7-13(15)3-1/h1-10,12H,11H2. The number of benzene rings is 2. The Hall–Kier alpha value is -2.41. The van der Waals surface area contributed by atoms with E-state index in [1.54, 1.807) is 0 Å². The number of aromatic nitrogens is 1. The van der Waals surface area contributed by atoms with Crippen LogP contribution in [0, 0.1) is 0 Å². The van der Waals surface area contributed by atoms with Gasteiger partial charge in [-0.2, -0.15) is 0 Å². The van der Waals surface area contributed by atoms with E-state index in [0.717, 1.165) is 6.42 Å². The first-order chi connectivity index (χ1) is 9.42. The van der Waals surface area contributed by atoms with Crippen LogP contribution in [0.2, 0.25) is 0 Å². The zero-order valence-corrected chi connectivity index (χ0v) is 10.5. The molecule has 19 heavy (non-hydrogen) atoms. The van der Waals surface area contributed by atoms with Crippen molar-refractivity contribution < 1.29 is 0 Å². The normalized spacial score (nSPS) is 12.8. The maximum atomic E-state index is 4.27. The van der Waals surface area contributed by atoms with Gasteiger partial charge in [-0.1, -0.05) is 48.6 Å². The van der Waals surface area contributed by atoms with Crippen LogP contribution < -0.4 is 0 Å². The fourth-order valence-corrected chi connectivity index (χ4v) is 2.82. The van der Waals surface area contributed by atoms with Crippen LogP contribution >= 0.6 is 0 Å². The molecule has 1 heterocycles. The van der Waals surface area contributed by atoms with Gasteiger partial charge in [-0.15, -0.1) is 0 Å². The molecule has 0 saturated carbocycles. The minimum Gasteiger partial charge on any atom is -0.264 e. The molecule has 0 bridgehead atoms. The number of nitrogens with zero attached hydrogens (tertiary/aromatic N) is 1. The quantitative estimate of drug-likeness (QED) is 0.448. The van der Waals surface area contributed by atoms with Crippen LogP contribution in [-0.4, -0.2) is 4.98 Å². The van der Waals surface area contributed by atoms with E-state index in [2.05, 4.69) is 59.6 Å². The second-order valence-corrected chi connectivity index (χ2v) is 4.94. The molecule has 0 fully saturated rings. The molecule has 2 aromatic carbocycles. The average Bonchev–Trinajstić information content (AvgIpc) is 2.66. The summed E-state index contributed by atoms with van der Waals surface area (Å²) in [6.45, 7) is 0. The van der Waals surface area contributed by atoms with Crippen LogP contribution in [0.15, 0.2) is 54.9 Å². The Morgan fingerprint density at radius 3 is 2.79 bits per heavy atom. The van der Waals surface area contributed by atoms with Gasteiger partial charge in [0.05, 0.1) is 0 Å². The van der Waals surface area contributed by atoms with Gasteiger partial charge in [-0.05, 0) is 40.1 Å². The number of rotatable bonds is 0. The molecule has 1 heteroatoms. The van der Waals surface area contributed by atoms with Gasteiger partial charge >= 0.3 is 0 Å². The van der Waals surface area contributed by atoms with Crippen molar-refractivity contribution in [1.29, 1.82) is 0 Å². The van der Waals surface area contributed by atoms with Crippen molar-refractivity contribution in [3.8, 4) is 0 Å². The van der Waals surface area contributed by atoms with E-state index in [9.17, 15) is 0 Å². The van der Waals surface area contributed by atoms with Crippen LogP contribution in [0.5, 0.6) is 0 Å². The molecule has 0 N–H and O–H groups in total. The van der Waals surface area contributed by atoms with Crippen molar-refractivity contribution in [2.75, 3.05) is 0 Å². The third-order valence-corrected chi connectivity index (χ3v) is 3.82. The second kappa shape index (κ2) is 4.06. The summed E-state index contributed by atoms with van der Waals surface area (Å²) >= 11 is 0. The Kier molecular flexibility index (Phi) is 2.25. The summed E-state index contributed by atoms with van der Waals surface area (Å²) in [5, 5.41) is 2.49. The molecule has 1 aromatic heterocycles. The molecule has 1 aliphatic carbocycles. The lowest BCUT2D eigenvalue weighted by Crippen LogP contribution is -1.93. The number of fused-ring (bicyclic) bond motifs is 4. The highest BCUT2D eigenvalue weighted by atomic mass is 14.6. The monoisotopic (exact) mass is 243 g/mol. The van der Waals surface area contributed by atoms with Gasteiger partial charge in [0, 0.05) is 17.8 Å². The lowest BCUT2D eigenvalue weighted by molar-refractivity contribution is 1.19.